The summed E-state index contributed by atoms with van der Waals surface area (Å²) in [5.41, 5.74) is 1.68. The van der Waals surface area contributed by atoms with Gasteiger partial charge in [-0.05, 0) is 49.3 Å². The van der Waals surface area contributed by atoms with Crippen LogP contribution >= 0.6 is 0 Å². The van der Waals surface area contributed by atoms with Crippen LogP contribution in [-0.2, 0) is 9.59 Å². The zero-order valence-corrected chi connectivity index (χ0v) is 20.7. The van der Waals surface area contributed by atoms with E-state index in [1.165, 1.54) is 0 Å². The topological polar surface area (TPSA) is 70.1 Å². The zero-order chi connectivity index (χ0) is 24.7. The second kappa shape index (κ2) is 11.8. The van der Waals surface area contributed by atoms with E-state index in [1.807, 2.05) is 44.2 Å². The van der Waals surface area contributed by atoms with Gasteiger partial charge in [0.15, 0.2) is 0 Å². The van der Waals surface area contributed by atoms with E-state index in [-0.39, 0.29) is 17.3 Å². The first-order valence-corrected chi connectivity index (χ1v) is 12.2. The maximum Gasteiger partial charge on any atom is 0.295 e. The predicted octanol–water partition coefficient (Wildman–Crippen LogP) is 4.67. The van der Waals surface area contributed by atoms with Gasteiger partial charge in [0.2, 0.25) is 0 Å². The second-order valence-corrected chi connectivity index (χ2v) is 8.63. The van der Waals surface area contributed by atoms with Gasteiger partial charge in [0.05, 0.1) is 18.2 Å². The van der Waals surface area contributed by atoms with E-state index < -0.39 is 17.7 Å². The maximum absolute atomic E-state index is 13.2. The molecule has 2 atom stereocenters. The number of benzene rings is 2. The number of likely N-dealkylation sites (N-methyl/N-ethyl adjacent to an activating group) is 1. The van der Waals surface area contributed by atoms with E-state index in [2.05, 4.69) is 18.7 Å². The van der Waals surface area contributed by atoms with Crippen molar-refractivity contribution < 1.29 is 19.4 Å². The number of hydrogen-bond donors (Lipinski definition) is 1. The standard InChI is InChI=1S/C28H36N2O4/c1-5-19-34-23-15-13-22(14-16-23)26(31)24-25(20(4)21-11-9-8-10-12-21)30(28(33)27(24)32)18-17-29(6-2)7-3/h8-16,20,25,31H,5-7,17-19H2,1-4H3/b26-24+. The molecule has 6 nitrogen and oxygen atoms in total. The second-order valence-electron chi connectivity index (χ2n) is 8.63. The SMILES string of the molecule is CCCOc1ccc(/C(O)=C2\C(=O)C(=O)N(CCN(CC)CC)C2C(C)c2ccccc2)cc1. The Kier molecular flexibility index (Phi) is 8.88. The van der Waals surface area contributed by atoms with Crippen LogP contribution in [0.25, 0.3) is 5.76 Å². The number of ketones is 1. The molecule has 1 fully saturated rings. The van der Waals surface area contributed by atoms with Crippen LogP contribution in [0, 0.1) is 0 Å². The molecule has 1 amide bonds. The van der Waals surface area contributed by atoms with Crippen LogP contribution in [0.5, 0.6) is 5.75 Å². The lowest BCUT2D eigenvalue weighted by molar-refractivity contribution is -0.140. The predicted molar refractivity (Wildman–Crippen MR) is 135 cm³/mol. The van der Waals surface area contributed by atoms with Crippen LogP contribution in [0.4, 0.5) is 0 Å². The molecule has 0 spiro atoms. The Morgan fingerprint density at radius 3 is 2.26 bits per heavy atom. The molecule has 2 aromatic carbocycles. The van der Waals surface area contributed by atoms with Crippen molar-refractivity contribution in [2.75, 3.05) is 32.8 Å². The molecular formula is C28H36N2O4. The van der Waals surface area contributed by atoms with Crippen molar-refractivity contribution in [2.24, 2.45) is 0 Å². The number of carbonyl (C=O) groups is 2. The number of ether oxygens (including phenoxy) is 1. The van der Waals surface area contributed by atoms with Gasteiger partial charge >= 0.3 is 0 Å². The molecule has 0 saturated carbocycles. The summed E-state index contributed by atoms with van der Waals surface area (Å²) in [6, 6.07) is 16.3. The monoisotopic (exact) mass is 464 g/mol. The first kappa shape index (κ1) is 25.5. The van der Waals surface area contributed by atoms with Crippen molar-refractivity contribution in [2.45, 2.75) is 46.1 Å². The third kappa shape index (κ3) is 5.50. The molecule has 0 aliphatic carbocycles. The molecule has 1 saturated heterocycles. The Bertz CT molecular complexity index is 997. The molecular weight excluding hydrogens is 428 g/mol. The summed E-state index contributed by atoms with van der Waals surface area (Å²) >= 11 is 0. The number of aliphatic hydroxyl groups is 1. The average molecular weight is 465 g/mol. The molecule has 0 radical (unpaired) electrons. The molecule has 0 aromatic heterocycles. The molecule has 34 heavy (non-hydrogen) atoms. The van der Waals surface area contributed by atoms with Crippen LogP contribution in [-0.4, -0.2) is 65.4 Å². The molecule has 1 N–H and O–H groups in total. The van der Waals surface area contributed by atoms with Gasteiger partial charge < -0.3 is 19.6 Å². The third-order valence-corrected chi connectivity index (χ3v) is 6.54. The van der Waals surface area contributed by atoms with Crippen molar-refractivity contribution in [3.8, 4) is 5.75 Å². The lowest BCUT2D eigenvalue weighted by Gasteiger charge is -2.32. The Hall–Kier alpha value is -3.12. The fourth-order valence-corrected chi connectivity index (χ4v) is 4.48. The van der Waals surface area contributed by atoms with Crippen molar-refractivity contribution in [1.29, 1.82) is 0 Å². The van der Waals surface area contributed by atoms with Crippen LogP contribution in [0.2, 0.25) is 0 Å². The van der Waals surface area contributed by atoms with Crippen molar-refractivity contribution in [1.82, 2.24) is 9.80 Å². The average Bonchev–Trinajstić information content (AvgIpc) is 3.13. The van der Waals surface area contributed by atoms with E-state index in [0.29, 0.717) is 31.0 Å². The Morgan fingerprint density at radius 2 is 1.68 bits per heavy atom. The van der Waals surface area contributed by atoms with E-state index in [1.54, 1.807) is 29.2 Å². The summed E-state index contributed by atoms with van der Waals surface area (Å²) in [5, 5.41) is 11.3. The normalized spacial score (nSPS) is 18.5. The first-order valence-electron chi connectivity index (χ1n) is 12.2. The summed E-state index contributed by atoms with van der Waals surface area (Å²) in [6.07, 6.45) is 0.899. The van der Waals surface area contributed by atoms with Crippen LogP contribution in [0.3, 0.4) is 0 Å². The van der Waals surface area contributed by atoms with Crippen LogP contribution in [0.15, 0.2) is 60.2 Å². The zero-order valence-electron chi connectivity index (χ0n) is 20.7. The highest BCUT2D eigenvalue weighted by atomic mass is 16.5. The molecule has 2 aromatic rings. The van der Waals surface area contributed by atoms with Gasteiger partial charge in [-0.15, -0.1) is 0 Å². The summed E-state index contributed by atoms with van der Waals surface area (Å²) in [7, 11) is 0. The summed E-state index contributed by atoms with van der Waals surface area (Å²) in [4.78, 5) is 30.2. The fraction of sp³-hybridized carbons (Fsp3) is 0.429. The molecule has 0 bridgehead atoms. The number of carbonyl (C=O) groups excluding carboxylic acids is 2. The molecule has 3 rings (SSSR count). The van der Waals surface area contributed by atoms with Crippen molar-refractivity contribution in [3.63, 3.8) is 0 Å². The minimum Gasteiger partial charge on any atom is -0.507 e. The van der Waals surface area contributed by atoms with E-state index in [9.17, 15) is 14.7 Å². The molecule has 1 aliphatic heterocycles. The summed E-state index contributed by atoms with van der Waals surface area (Å²) in [5.74, 6) is -0.788. The smallest absolute Gasteiger partial charge is 0.295 e. The van der Waals surface area contributed by atoms with Gasteiger partial charge in [0.25, 0.3) is 11.7 Å². The lowest BCUT2D eigenvalue weighted by Crippen LogP contribution is -2.42. The minimum absolute atomic E-state index is 0.140. The largest absolute Gasteiger partial charge is 0.507 e. The summed E-state index contributed by atoms with van der Waals surface area (Å²) in [6.45, 7) is 11.6. The van der Waals surface area contributed by atoms with Gasteiger partial charge in [-0.25, -0.2) is 0 Å². The third-order valence-electron chi connectivity index (χ3n) is 6.54. The van der Waals surface area contributed by atoms with E-state index >= 15 is 0 Å². The minimum atomic E-state index is -0.629. The number of aliphatic hydroxyl groups excluding tert-OH is 1. The highest BCUT2D eigenvalue weighted by Gasteiger charge is 2.47. The molecule has 1 aliphatic rings. The number of Topliss-reactive ketones (excluding diaryl/α,β-unsaturated/α-hetero) is 1. The number of rotatable bonds is 11. The summed E-state index contributed by atoms with van der Waals surface area (Å²) < 4.78 is 5.63. The first-order chi connectivity index (χ1) is 16.4. The molecule has 6 heteroatoms. The van der Waals surface area contributed by atoms with Gasteiger partial charge in [0, 0.05) is 24.6 Å². The maximum atomic E-state index is 13.2. The molecule has 2 unspecified atom stereocenters. The van der Waals surface area contributed by atoms with E-state index in [0.717, 1.165) is 25.1 Å². The van der Waals surface area contributed by atoms with Crippen LogP contribution in [0.1, 0.15) is 51.2 Å². The van der Waals surface area contributed by atoms with Crippen molar-refractivity contribution in [3.05, 3.63) is 71.3 Å². The Balaban J connectivity index is 2.01. The Morgan fingerprint density at radius 1 is 1.03 bits per heavy atom. The number of nitrogens with zero attached hydrogens (tertiary/aromatic N) is 2. The number of hydrogen-bond acceptors (Lipinski definition) is 5. The number of amides is 1. The van der Waals surface area contributed by atoms with Gasteiger partial charge in [0.1, 0.15) is 11.5 Å². The van der Waals surface area contributed by atoms with Gasteiger partial charge in [-0.2, -0.15) is 0 Å². The molecule has 182 valence electrons. The Labute approximate surface area is 202 Å². The lowest BCUT2D eigenvalue weighted by atomic mass is 9.87. The van der Waals surface area contributed by atoms with Crippen molar-refractivity contribution >= 4 is 17.4 Å². The molecule has 1 heterocycles. The highest BCUT2D eigenvalue weighted by Crippen LogP contribution is 2.37. The van der Waals surface area contributed by atoms with E-state index in [4.69, 9.17) is 4.74 Å². The highest BCUT2D eigenvalue weighted by molar-refractivity contribution is 6.46. The van der Waals surface area contributed by atoms with Gasteiger partial charge in [-0.3, -0.25) is 9.59 Å². The van der Waals surface area contributed by atoms with Crippen LogP contribution < -0.4 is 4.74 Å². The fourth-order valence-electron chi connectivity index (χ4n) is 4.48. The quantitative estimate of drug-likeness (QED) is 0.297. The van der Waals surface area contributed by atoms with Gasteiger partial charge in [-0.1, -0.05) is 58.0 Å². The number of likely N-dealkylation sites (tertiary alicyclic amines) is 1.